The first-order chi connectivity index (χ1) is 11.2. The SMILES string of the molecule is CCOC(=O)c1c[nH]c2ccc(Cc3ccccc3)cc2c1=O. The van der Waals surface area contributed by atoms with Crippen LogP contribution in [0.2, 0.25) is 0 Å². The molecule has 0 saturated heterocycles. The predicted molar refractivity (Wildman–Crippen MR) is 89.8 cm³/mol. The van der Waals surface area contributed by atoms with Gasteiger partial charge in [-0.25, -0.2) is 4.79 Å². The molecule has 0 unspecified atom stereocenters. The highest BCUT2D eigenvalue weighted by molar-refractivity contribution is 5.93. The number of carbonyl (C=O) groups excluding carboxylic acids is 1. The Hall–Kier alpha value is -2.88. The molecule has 23 heavy (non-hydrogen) atoms. The number of aromatic amines is 1. The fourth-order valence-corrected chi connectivity index (χ4v) is 2.57. The van der Waals surface area contributed by atoms with Crippen molar-refractivity contribution in [2.24, 2.45) is 0 Å². The van der Waals surface area contributed by atoms with E-state index in [1.54, 1.807) is 6.92 Å². The summed E-state index contributed by atoms with van der Waals surface area (Å²) in [6.45, 7) is 1.95. The highest BCUT2D eigenvalue weighted by Gasteiger charge is 2.14. The van der Waals surface area contributed by atoms with Gasteiger partial charge in [-0.05, 0) is 36.6 Å². The third kappa shape index (κ3) is 3.16. The van der Waals surface area contributed by atoms with E-state index in [0.717, 1.165) is 12.0 Å². The van der Waals surface area contributed by atoms with Crippen LogP contribution in [0.4, 0.5) is 0 Å². The first kappa shape index (κ1) is 15.0. The average molecular weight is 307 g/mol. The normalized spacial score (nSPS) is 10.7. The van der Waals surface area contributed by atoms with Gasteiger partial charge < -0.3 is 9.72 Å². The van der Waals surface area contributed by atoms with Crippen molar-refractivity contribution in [1.29, 1.82) is 0 Å². The van der Waals surface area contributed by atoms with E-state index in [0.29, 0.717) is 10.9 Å². The fourth-order valence-electron chi connectivity index (χ4n) is 2.57. The maximum absolute atomic E-state index is 12.5. The lowest BCUT2D eigenvalue weighted by atomic mass is 10.0. The number of esters is 1. The van der Waals surface area contributed by atoms with Gasteiger partial charge in [0.1, 0.15) is 5.56 Å². The Labute approximate surface area is 133 Å². The van der Waals surface area contributed by atoms with Crippen molar-refractivity contribution in [1.82, 2.24) is 4.98 Å². The van der Waals surface area contributed by atoms with Crippen molar-refractivity contribution in [3.05, 3.63) is 81.6 Å². The quantitative estimate of drug-likeness (QED) is 0.752. The summed E-state index contributed by atoms with van der Waals surface area (Å²) in [6, 6.07) is 15.7. The monoisotopic (exact) mass is 307 g/mol. The van der Waals surface area contributed by atoms with Crippen molar-refractivity contribution >= 4 is 16.9 Å². The number of rotatable bonds is 4. The number of hydrogen-bond donors (Lipinski definition) is 1. The Balaban J connectivity index is 2.02. The Morgan fingerprint density at radius 3 is 2.61 bits per heavy atom. The summed E-state index contributed by atoms with van der Waals surface area (Å²) < 4.78 is 4.92. The van der Waals surface area contributed by atoms with Gasteiger partial charge in [-0.3, -0.25) is 4.79 Å². The molecule has 0 aliphatic carbocycles. The minimum atomic E-state index is -0.593. The second-order valence-electron chi connectivity index (χ2n) is 5.29. The van der Waals surface area contributed by atoms with Crippen molar-refractivity contribution in [2.45, 2.75) is 13.3 Å². The van der Waals surface area contributed by atoms with Crippen LogP contribution in [0.25, 0.3) is 10.9 Å². The van der Waals surface area contributed by atoms with Crippen LogP contribution in [0.5, 0.6) is 0 Å². The fraction of sp³-hybridized carbons (Fsp3) is 0.158. The average Bonchev–Trinajstić information content (AvgIpc) is 2.57. The molecule has 0 bridgehead atoms. The molecule has 0 aliphatic heterocycles. The number of H-pyrrole nitrogens is 1. The lowest BCUT2D eigenvalue weighted by molar-refractivity contribution is 0.0524. The number of pyridine rings is 1. The van der Waals surface area contributed by atoms with E-state index in [2.05, 4.69) is 4.98 Å². The number of ether oxygens (including phenoxy) is 1. The van der Waals surface area contributed by atoms with Gasteiger partial charge in [0.15, 0.2) is 0 Å². The topological polar surface area (TPSA) is 59.2 Å². The molecule has 1 aromatic heterocycles. The van der Waals surface area contributed by atoms with Gasteiger partial charge in [0.25, 0.3) is 0 Å². The number of hydrogen-bond acceptors (Lipinski definition) is 3. The molecule has 0 fully saturated rings. The van der Waals surface area contributed by atoms with Gasteiger partial charge in [0, 0.05) is 17.1 Å². The van der Waals surface area contributed by atoms with E-state index in [4.69, 9.17) is 4.74 Å². The molecule has 2 aromatic carbocycles. The molecular formula is C19H17NO3. The maximum Gasteiger partial charge on any atom is 0.343 e. The first-order valence-corrected chi connectivity index (χ1v) is 7.54. The van der Waals surface area contributed by atoms with E-state index in [9.17, 15) is 9.59 Å². The molecule has 1 N–H and O–H groups in total. The third-order valence-corrected chi connectivity index (χ3v) is 3.69. The highest BCUT2D eigenvalue weighted by atomic mass is 16.5. The summed E-state index contributed by atoms with van der Waals surface area (Å²) in [7, 11) is 0. The molecule has 0 saturated carbocycles. The third-order valence-electron chi connectivity index (χ3n) is 3.69. The smallest absolute Gasteiger partial charge is 0.343 e. The van der Waals surface area contributed by atoms with Crippen molar-refractivity contribution in [2.75, 3.05) is 6.61 Å². The molecule has 3 aromatic rings. The Morgan fingerprint density at radius 1 is 1.09 bits per heavy atom. The molecule has 0 radical (unpaired) electrons. The predicted octanol–water partition coefficient (Wildman–Crippen LogP) is 3.30. The molecule has 3 rings (SSSR count). The lowest BCUT2D eigenvalue weighted by Crippen LogP contribution is -2.18. The molecule has 0 spiro atoms. The molecule has 1 heterocycles. The van der Waals surface area contributed by atoms with Crippen LogP contribution in [-0.2, 0) is 11.2 Å². The van der Waals surface area contributed by atoms with Crippen LogP contribution in [0.1, 0.15) is 28.4 Å². The van der Waals surface area contributed by atoms with Crippen LogP contribution >= 0.6 is 0 Å². The van der Waals surface area contributed by atoms with Crippen molar-refractivity contribution < 1.29 is 9.53 Å². The first-order valence-electron chi connectivity index (χ1n) is 7.54. The Bertz CT molecular complexity index is 897. The number of benzene rings is 2. The van der Waals surface area contributed by atoms with E-state index in [1.165, 1.54) is 11.8 Å². The minimum absolute atomic E-state index is 0.0382. The molecule has 4 nitrogen and oxygen atoms in total. The summed E-state index contributed by atoms with van der Waals surface area (Å²) in [5.74, 6) is -0.593. The van der Waals surface area contributed by atoms with E-state index in [1.807, 2.05) is 48.5 Å². The molecule has 116 valence electrons. The van der Waals surface area contributed by atoms with Crippen molar-refractivity contribution in [3.63, 3.8) is 0 Å². The van der Waals surface area contributed by atoms with Gasteiger partial charge >= 0.3 is 5.97 Å². The van der Waals surface area contributed by atoms with E-state index < -0.39 is 5.97 Å². The largest absolute Gasteiger partial charge is 0.462 e. The van der Waals surface area contributed by atoms with Gasteiger partial charge in [0.05, 0.1) is 6.61 Å². The molecule has 4 heteroatoms. The van der Waals surface area contributed by atoms with Gasteiger partial charge in [0.2, 0.25) is 5.43 Å². The Kier molecular flexibility index (Phi) is 4.24. The van der Waals surface area contributed by atoms with E-state index >= 15 is 0 Å². The second-order valence-corrected chi connectivity index (χ2v) is 5.29. The van der Waals surface area contributed by atoms with Gasteiger partial charge in [-0.1, -0.05) is 36.4 Å². The zero-order valence-corrected chi connectivity index (χ0v) is 12.8. The van der Waals surface area contributed by atoms with E-state index in [-0.39, 0.29) is 17.6 Å². The summed E-state index contributed by atoms with van der Waals surface area (Å²) in [4.78, 5) is 27.4. The van der Waals surface area contributed by atoms with Gasteiger partial charge in [-0.15, -0.1) is 0 Å². The number of aromatic nitrogens is 1. The standard InChI is InChI=1S/C19H17NO3/c1-2-23-19(22)16-12-20-17-9-8-14(11-15(17)18(16)21)10-13-6-4-3-5-7-13/h3-9,11-12H,2,10H2,1H3,(H,20,21). The van der Waals surface area contributed by atoms with Crippen LogP contribution in [-0.4, -0.2) is 17.6 Å². The number of fused-ring (bicyclic) bond motifs is 1. The summed E-state index contributed by atoms with van der Waals surface area (Å²) in [5, 5.41) is 0.504. The summed E-state index contributed by atoms with van der Waals surface area (Å²) in [6.07, 6.45) is 2.15. The number of carbonyl (C=O) groups is 1. The van der Waals surface area contributed by atoms with Crippen LogP contribution in [0.3, 0.4) is 0 Å². The Morgan fingerprint density at radius 2 is 1.87 bits per heavy atom. The van der Waals surface area contributed by atoms with Crippen LogP contribution in [0, 0.1) is 0 Å². The lowest BCUT2D eigenvalue weighted by Gasteiger charge is -2.06. The molecule has 0 atom stereocenters. The zero-order chi connectivity index (χ0) is 16.2. The van der Waals surface area contributed by atoms with Gasteiger partial charge in [-0.2, -0.15) is 0 Å². The molecule has 0 aliphatic rings. The maximum atomic E-state index is 12.5. The molecule has 0 amide bonds. The number of nitrogens with one attached hydrogen (secondary N) is 1. The summed E-state index contributed by atoms with van der Waals surface area (Å²) in [5.41, 5.74) is 2.64. The van der Waals surface area contributed by atoms with Crippen LogP contribution < -0.4 is 5.43 Å². The summed E-state index contributed by atoms with van der Waals surface area (Å²) >= 11 is 0. The minimum Gasteiger partial charge on any atom is -0.462 e. The van der Waals surface area contributed by atoms with Crippen molar-refractivity contribution in [3.8, 4) is 0 Å². The molecular weight excluding hydrogens is 290 g/mol. The highest BCUT2D eigenvalue weighted by Crippen LogP contribution is 2.15. The zero-order valence-electron chi connectivity index (χ0n) is 12.8. The second kappa shape index (κ2) is 6.48. The van der Waals surface area contributed by atoms with Crippen LogP contribution in [0.15, 0.2) is 59.5 Å².